The van der Waals surface area contributed by atoms with Gasteiger partial charge in [0.15, 0.2) is 5.16 Å². The Morgan fingerprint density at radius 2 is 1.91 bits per heavy atom. The molecule has 0 spiro atoms. The predicted molar refractivity (Wildman–Crippen MR) is 79.0 cm³/mol. The van der Waals surface area contributed by atoms with Crippen LogP contribution in [0.5, 0.6) is 5.88 Å². The maximum absolute atomic E-state index is 12.2. The van der Waals surface area contributed by atoms with Crippen molar-refractivity contribution in [2.75, 3.05) is 11.5 Å². The van der Waals surface area contributed by atoms with Crippen LogP contribution in [0.1, 0.15) is 33.6 Å². The molecule has 0 bridgehead atoms. The molecule has 0 atom stereocenters. The summed E-state index contributed by atoms with van der Waals surface area (Å²) in [6.07, 6.45) is 1.76. The molecule has 0 radical (unpaired) electrons. The number of rotatable bonds is 6. The maximum Gasteiger partial charge on any atom is 0.534 e. The highest BCUT2D eigenvalue weighted by Crippen LogP contribution is 2.27. The summed E-state index contributed by atoms with van der Waals surface area (Å²) in [4.78, 5) is 7.35. The number of nitrogens with zero attached hydrogens (tertiary/aromatic N) is 2. The van der Waals surface area contributed by atoms with Gasteiger partial charge in [0, 0.05) is 11.8 Å². The molecule has 1 aromatic rings. The number of nitrogens with two attached hydrogens (primary N) is 1. The molecule has 22 heavy (non-hydrogen) atoms. The highest BCUT2D eigenvalue weighted by molar-refractivity contribution is 7.99. The van der Waals surface area contributed by atoms with Gasteiger partial charge in [-0.3, -0.25) is 0 Å². The summed E-state index contributed by atoms with van der Waals surface area (Å²) in [7, 11) is -5.76. The third-order valence-electron chi connectivity index (χ3n) is 1.91. The number of halogens is 3. The zero-order valence-electron chi connectivity index (χ0n) is 12.3. The number of thioether (sulfide) groups is 1. The molecule has 11 heteroatoms. The number of hydrogen-bond donors (Lipinski definition) is 1. The van der Waals surface area contributed by atoms with Gasteiger partial charge >= 0.3 is 15.6 Å². The van der Waals surface area contributed by atoms with Crippen molar-refractivity contribution in [2.24, 2.45) is 0 Å². The van der Waals surface area contributed by atoms with E-state index < -0.39 is 21.5 Å². The van der Waals surface area contributed by atoms with Crippen molar-refractivity contribution in [3.63, 3.8) is 0 Å². The zero-order valence-corrected chi connectivity index (χ0v) is 14.0. The highest BCUT2D eigenvalue weighted by atomic mass is 32.2. The Balaban J connectivity index is 0.00000211. The van der Waals surface area contributed by atoms with Crippen molar-refractivity contribution in [1.29, 1.82) is 0 Å². The molecule has 0 aromatic carbocycles. The van der Waals surface area contributed by atoms with Crippen LogP contribution in [0.2, 0.25) is 0 Å². The first-order valence-corrected chi connectivity index (χ1v) is 8.83. The van der Waals surface area contributed by atoms with Gasteiger partial charge in [-0.25, -0.2) is 4.98 Å². The van der Waals surface area contributed by atoms with Gasteiger partial charge in [0.25, 0.3) is 0 Å². The summed E-state index contributed by atoms with van der Waals surface area (Å²) >= 11 is 1.15. The van der Waals surface area contributed by atoms with Gasteiger partial charge in [-0.05, 0) is 6.42 Å². The number of anilines is 1. The van der Waals surface area contributed by atoms with E-state index in [0.29, 0.717) is 5.75 Å². The zero-order chi connectivity index (χ0) is 17.4. The molecule has 2 N–H and O–H groups in total. The van der Waals surface area contributed by atoms with Crippen molar-refractivity contribution in [1.82, 2.24) is 9.97 Å². The summed E-state index contributed by atoms with van der Waals surface area (Å²) in [6, 6.07) is 0.813. The minimum absolute atomic E-state index is 0.0609. The fraction of sp³-hybridized carbons (Fsp3) is 0.636. The van der Waals surface area contributed by atoms with Crippen LogP contribution in [-0.2, 0) is 10.1 Å². The third kappa shape index (κ3) is 6.69. The average Bonchev–Trinajstić information content (AvgIpc) is 2.39. The van der Waals surface area contributed by atoms with Gasteiger partial charge in [0.2, 0.25) is 5.88 Å². The van der Waals surface area contributed by atoms with Crippen LogP contribution in [0.15, 0.2) is 11.2 Å². The third-order valence-corrected chi connectivity index (χ3v) is 3.80. The molecule has 1 aromatic heterocycles. The normalized spacial score (nSPS) is 11.5. The van der Waals surface area contributed by atoms with E-state index in [2.05, 4.69) is 14.2 Å². The van der Waals surface area contributed by atoms with Crippen LogP contribution in [0.4, 0.5) is 19.0 Å². The largest absolute Gasteiger partial charge is 0.534 e. The van der Waals surface area contributed by atoms with Crippen LogP contribution in [0.3, 0.4) is 0 Å². The Kier molecular flexibility index (Phi) is 8.53. The Morgan fingerprint density at radius 3 is 2.41 bits per heavy atom. The molecule has 6 nitrogen and oxygen atoms in total. The van der Waals surface area contributed by atoms with Crippen molar-refractivity contribution in [3.05, 3.63) is 6.07 Å². The molecular formula is C11H18F3N3O3S2. The van der Waals surface area contributed by atoms with Gasteiger partial charge in [-0.2, -0.15) is 26.6 Å². The second kappa shape index (κ2) is 9.03. The standard InChI is InChI=1S/C9H12F3N3O3S2.C2H6/c1-2-3-4-19-8-14-6(13)5-7(15-8)18-20(16,17)9(10,11)12;1-2/h5H,2-4H2,1H3,(H2,13,14,15);1-2H3. The fourth-order valence-electron chi connectivity index (χ4n) is 0.995. The Morgan fingerprint density at radius 1 is 1.32 bits per heavy atom. The number of unbranched alkanes of at least 4 members (excludes halogenated alkanes) is 1. The van der Waals surface area contributed by atoms with Gasteiger partial charge < -0.3 is 9.92 Å². The summed E-state index contributed by atoms with van der Waals surface area (Å²) in [6.45, 7) is 5.96. The lowest BCUT2D eigenvalue weighted by Crippen LogP contribution is -2.28. The van der Waals surface area contributed by atoms with Crippen molar-refractivity contribution < 1.29 is 25.8 Å². The van der Waals surface area contributed by atoms with E-state index in [1.165, 1.54) is 0 Å². The van der Waals surface area contributed by atoms with Crippen LogP contribution < -0.4 is 9.92 Å². The SMILES string of the molecule is CC.CCCCSc1nc(N)cc(OS(=O)(=O)C(F)(F)F)n1. The van der Waals surface area contributed by atoms with Gasteiger partial charge in [0.05, 0.1) is 0 Å². The minimum atomic E-state index is -5.76. The minimum Gasteiger partial charge on any atom is -0.383 e. The lowest BCUT2D eigenvalue weighted by molar-refractivity contribution is -0.0501. The lowest BCUT2D eigenvalue weighted by atomic mass is 10.4. The Bertz CT molecular complexity index is 565. The van der Waals surface area contributed by atoms with E-state index in [4.69, 9.17) is 5.73 Å². The van der Waals surface area contributed by atoms with Crippen LogP contribution in [0.25, 0.3) is 0 Å². The van der Waals surface area contributed by atoms with E-state index in [0.717, 1.165) is 30.7 Å². The fourth-order valence-corrected chi connectivity index (χ4v) is 2.34. The molecule has 0 amide bonds. The highest BCUT2D eigenvalue weighted by Gasteiger charge is 2.48. The molecule has 0 unspecified atom stereocenters. The molecule has 0 saturated carbocycles. The Hall–Kier alpha value is -1.23. The molecule has 1 heterocycles. The smallest absolute Gasteiger partial charge is 0.383 e. The summed E-state index contributed by atoms with van der Waals surface area (Å²) in [5.74, 6) is -0.300. The van der Waals surface area contributed by atoms with Crippen LogP contribution >= 0.6 is 11.8 Å². The van der Waals surface area contributed by atoms with Crippen LogP contribution in [-0.4, -0.2) is 29.6 Å². The molecule has 0 saturated heterocycles. The van der Waals surface area contributed by atoms with E-state index in [1.54, 1.807) is 0 Å². The molecule has 1 rings (SSSR count). The molecule has 0 aliphatic heterocycles. The maximum atomic E-state index is 12.2. The molecular weight excluding hydrogens is 343 g/mol. The number of aromatic nitrogens is 2. The van der Waals surface area contributed by atoms with E-state index in [1.807, 2.05) is 20.8 Å². The monoisotopic (exact) mass is 361 g/mol. The first-order chi connectivity index (χ1) is 10.2. The second-order valence-electron chi connectivity index (χ2n) is 3.60. The molecule has 0 aliphatic rings. The lowest BCUT2D eigenvalue weighted by Gasteiger charge is -2.09. The van der Waals surface area contributed by atoms with E-state index in [-0.39, 0.29) is 11.0 Å². The number of alkyl halides is 3. The van der Waals surface area contributed by atoms with Gasteiger partial charge in [-0.1, -0.05) is 39.0 Å². The van der Waals surface area contributed by atoms with E-state index in [9.17, 15) is 21.6 Å². The topological polar surface area (TPSA) is 95.2 Å². The summed E-state index contributed by atoms with van der Waals surface area (Å²) < 4.78 is 62.1. The predicted octanol–water partition coefficient (Wildman–Crippen LogP) is 3.21. The first kappa shape index (κ1) is 20.8. The quantitative estimate of drug-likeness (QED) is 0.273. The number of nitrogen functional groups attached to an aromatic ring is 1. The molecule has 128 valence electrons. The van der Waals surface area contributed by atoms with Crippen molar-refractivity contribution in [3.8, 4) is 5.88 Å². The van der Waals surface area contributed by atoms with Gasteiger partial charge in [-0.15, -0.1) is 0 Å². The molecule has 0 fully saturated rings. The second-order valence-corrected chi connectivity index (χ2v) is 6.20. The average molecular weight is 361 g/mol. The Labute approximate surface area is 131 Å². The number of hydrogen-bond acceptors (Lipinski definition) is 7. The summed E-state index contributed by atoms with van der Waals surface area (Å²) in [5, 5.41) is 0.0609. The van der Waals surface area contributed by atoms with Crippen LogP contribution in [0, 0.1) is 0 Å². The molecule has 0 aliphatic carbocycles. The van der Waals surface area contributed by atoms with Crippen molar-refractivity contribution in [2.45, 2.75) is 44.3 Å². The summed E-state index contributed by atoms with van der Waals surface area (Å²) in [5.41, 5.74) is -0.155. The first-order valence-electron chi connectivity index (χ1n) is 6.44. The van der Waals surface area contributed by atoms with Crippen molar-refractivity contribution >= 4 is 27.7 Å². The van der Waals surface area contributed by atoms with Gasteiger partial charge in [0.1, 0.15) is 5.82 Å². The van der Waals surface area contributed by atoms with E-state index >= 15 is 0 Å².